The summed E-state index contributed by atoms with van der Waals surface area (Å²) < 4.78 is 0. The summed E-state index contributed by atoms with van der Waals surface area (Å²) in [6.45, 7) is 3.23. The molecule has 19 heavy (non-hydrogen) atoms. The largest absolute Gasteiger partial charge is 0.342 e. The molecule has 0 aromatic carbocycles. The van der Waals surface area contributed by atoms with Gasteiger partial charge in [0.15, 0.2) is 11.6 Å². The number of aryl methyl sites for hydroxylation is 1. The Kier molecular flexibility index (Phi) is 3.55. The molecule has 0 fully saturated rings. The van der Waals surface area contributed by atoms with Crippen LogP contribution < -0.4 is 5.32 Å². The number of nitrogens with zero attached hydrogens (tertiary/aromatic N) is 3. The first-order valence-corrected chi connectivity index (χ1v) is 6.97. The third-order valence-electron chi connectivity index (χ3n) is 3.53. The Morgan fingerprint density at radius 1 is 1.42 bits per heavy atom. The van der Waals surface area contributed by atoms with Crippen LogP contribution in [-0.2, 0) is 6.42 Å². The summed E-state index contributed by atoms with van der Waals surface area (Å²) in [5, 5.41) is 3.58. The van der Waals surface area contributed by atoms with Crippen molar-refractivity contribution in [2.75, 3.05) is 6.54 Å². The summed E-state index contributed by atoms with van der Waals surface area (Å²) in [7, 11) is 0. The van der Waals surface area contributed by atoms with E-state index in [-0.39, 0.29) is 0 Å². The third kappa shape index (κ3) is 2.51. The van der Waals surface area contributed by atoms with E-state index in [9.17, 15) is 0 Å². The van der Waals surface area contributed by atoms with Gasteiger partial charge < -0.3 is 10.3 Å². The van der Waals surface area contributed by atoms with E-state index >= 15 is 0 Å². The molecule has 1 aliphatic carbocycles. The van der Waals surface area contributed by atoms with Gasteiger partial charge in [-0.05, 0) is 32.2 Å². The Hall–Kier alpha value is -1.75. The van der Waals surface area contributed by atoms with Crippen molar-refractivity contribution in [3.63, 3.8) is 0 Å². The lowest BCUT2D eigenvalue weighted by Gasteiger charge is -2.25. The lowest BCUT2D eigenvalue weighted by molar-refractivity contribution is 0.453. The van der Waals surface area contributed by atoms with Crippen molar-refractivity contribution in [1.82, 2.24) is 25.3 Å². The Bertz CT molecular complexity index is 535. The van der Waals surface area contributed by atoms with Gasteiger partial charge in [0.25, 0.3) is 0 Å². The van der Waals surface area contributed by atoms with Gasteiger partial charge in [0.1, 0.15) is 0 Å². The second-order valence-corrected chi connectivity index (χ2v) is 4.93. The molecule has 100 valence electrons. The summed E-state index contributed by atoms with van der Waals surface area (Å²) in [6.07, 6.45) is 10.0. The number of aromatic amines is 1. The lowest BCUT2D eigenvalue weighted by Crippen LogP contribution is -2.26. The van der Waals surface area contributed by atoms with Crippen molar-refractivity contribution >= 4 is 0 Å². The molecule has 0 spiro atoms. The minimum atomic E-state index is 0.411. The number of aromatic nitrogens is 4. The van der Waals surface area contributed by atoms with Gasteiger partial charge in [0, 0.05) is 35.9 Å². The van der Waals surface area contributed by atoms with Crippen molar-refractivity contribution in [2.24, 2.45) is 0 Å². The molecule has 2 aromatic rings. The number of fused-ring (bicyclic) bond motifs is 1. The second kappa shape index (κ2) is 5.48. The molecule has 2 aromatic heterocycles. The van der Waals surface area contributed by atoms with Gasteiger partial charge in [-0.15, -0.1) is 0 Å². The molecule has 1 atom stereocenters. The Labute approximate surface area is 112 Å². The van der Waals surface area contributed by atoms with Crippen molar-refractivity contribution < 1.29 is 0 Å². The van der Waals surface area contributed by atoms with Gasteiger partial charge in [-0.2, -0.15) is 0 Å². The van der Waals surface area contributed by atoms with E-state index in [1.807, 2.05) is 6.20 Å². The second-order valence-electron chi connectivity index (χ2n) is 4.93. The fraction of sp³-hybridized carbons (Fsp3) is 0.500. The van der Waals surface area contributed by atoms with Crippen LogP contribution in [0, 0.1) is 0 Å². The maximum atomic E-state index is 4.67. The number of rotatable bonds is 4. The summed E-state index contributed by atoms with van der Waals surface area (Å²) >= 11 is 0. The van der Waals surface area contributed by atoms with Crippen LogP contribution in [0.4, 0.5) is 0 Å². The van der Waals surface area contributed by atoms with Crippen LogP contribution in [0.2, 0.25) is 0 Å². The van der Waals surface area contributed by atoms with Crippen molar-refractivity contribution in [1.29, 1.82) is 0 Å². The van der Waals surface area contributed by atoms with Crippen LogP contribution >= 0.6 is 0 Å². The van der Waals surface area contributed by atoms with Gasteiger partial charge in [-0.25, -0.2) is 15.0 Å². The van der Waals surface area contributed by atoms with E-state index in [2.05, 4.69) is 32.2 Å². The van der Waals surface area contributed by atoms with Gasteiger partial charge in [0.2, 0.25) is 0 Å². The first-order chi connectivity index (χ1) is 9.38. The SMILES string of the molecule is CCCNC1CCCc2nc(-c3ncc[nH]3)ncc21. The minimum absolute atomic E-state index is 0.411. The summed E-state index contributed by atoms with van der Waals surface area (Å²) in [4.78, 5) is 16.4. The third-order valence-corrected chi connectivity index (χ3v) is 3.53. The van der Waals surface area contributed by atoms with Crippen LogP contribution in [-0.4, -0.2) is 26.5 Å². The highest BCUT2D eigenvalue weighted by molar-refractivity contribution is 5.44. The monoisotopic (exact) mass is 257 g/mol. The average molecular weight is 257 g/mol. The highest BCUT2D eigenvalue weighted by Gasteiger charge is 2.22. The molecule has 0 saturated carbocycles. The van der Waals surface area contributed by atoms with E-state index in [4.69, 9.17) is 0 Å². The predicted molar refractivity (Wildman–Crippen MR) is 73.6 cm³/mol. The molecule has 0 amide bonds. The van der Waals surface area contributed by atoms with Crippen LogP contribution in [0.15, 0.2) is 18.6 Å². The molecule has 5 nitrogen and oxygen atoms in total. The Morgan fingerprint density at radius 3 is 3.16 bits per heavy atom. The van der Waals surface area contributed by atoms with Gasteiger partial charge in [0.05, 0.1) is 0 Å². The van der Waals surface area contributed by atoms with Crippen LogP contribution in [0.25, 0.3) is 11.6 Å². The average Bonchev–Trinajstić information content (AvgIpc) is 2.98. The molecular weight excluding hydrogens is 238 g/mol. The maximum absolute atomic E-state index is 4.67. The standard InChI is InChI=1S/C14H19N5/c1-2-6-15-11-4-3-5-12-10(11)9-18-14(19-12)13-16-7-8-17-13/h7-9,11,15H,2-6H2,1H3,(H,16,17). The zero-order chi connectivity index (χ0) is 13.1. The number of nitrogens with one attached hydrogen (secondary N) is 2. The lowest BCUT2D eigenvalue weighted by atomic mass is 9.92. The zero-order valence-electron chi connectivity index (χ0n) is 11.2. The zero-order valence-corrected chi connectivity index (χ0v) is 11.2. The summed E-state index contributed by atoms with van der Waals surface area (Å²) in [5.41, 5.74) is 2.43. The minimum Gasteiger partial charge on any atom is -0.342 e. The number of imidazole rings is 1. The summed E-state index contributed by atoms with van der Waals surface area (Å²) in [5.74, 6) is 1.44. The highest BCUT2D eigenvalue weighted by Crippen LogP contribution is 2.28. The first kappa shape index (κ1) is 12.3. The normalized spacial score (nSPS) is 18.3. The van der Waals surface area contributed by atoms with E-state index in [1.54, 1.807) is 12.4 Å². The highest BCUT2D eigenvalue weighted by atomic mass is 15.0. The molecule has 2 heterocycles. The van der Waals surface area contributed by atoms with Crippen LogP contribution in [0.3, 0.4) is 0 Å². The number of hydrogen-bond acceptors (Lipinski definition) is 4. The molecule has 2 N–H and O–H groups in total. The topological polar surface area (TPSA) is 66.5 Å². The molecule has 3 rings (SSSR count). The molecule has 1 aliphatic rings. The maximum Gasteiger partial charge on any atom is 0.195 e. The van der Waals surface area contributed by atoms with Crippen LogP contribution in [0.5, 0.6) is 0 Å². The molecule has 0 radical (unpaired) electrons. The van der Waals surface area contributed by atoms with Gasteiger partial charge in [-0.3, -0.25) is 0 Å². The molecule has 0 saturated heterocycles. The number of hydrogen-bond donors (Lipinski definition) is 2. The summed E-state index contributed by atoms with van der Waals surface area (Å²) in [6, 6.07) is 0.411. The van der Waals surface area contributed by atoms with Gasteiger partial charge in [-0.1, -0.05) is 6.92 Å². The van der Waals surface area contributed by atoms with Crippen molar-refractivity contribution in [2.45, 2.75) is 38.6 Å². The van der Waals surface area contributed by atoms with E-state index in [0.717, 1.165) is 25.2 Å². The quantitative estimate of drug-likeness (QED) is 0.881. The fourth-order valence-corrected chi connectivity index (χ4v) is 2.58. The van der Waals surface area contributed by atoms with Crippen molar-refractivity contribution in [3.05, 3.63) is 29.8 Å². The van der Waals surface area contributed by atoms with E-state index in [0.29, 0.717) is 11.9 Å². The molecule has 0 aliphatic heterocycles. The molecular formula is C14H19N5. The van der Waals surface area contributed by atoms with Crippen LogP contribution in [0.1, 0.15) is 43.5 Å². The smallest absolute Gasteiger partial charge is 0.195 e. The van der Waals surface area contributed by atoms with E-state index in [1.165, 1.54) is 24.1 Å². The Morgan fingerprint density at radius 2 is 2.37 bits per heavy atom. The van der Waals surface area contributed by atoms with Gasteiger partial charge >= 0.3 is 0 Å². The fourth-order valence-electron chi connectivity index (χ4n) is 2.58. The first-order valence-electron chi connectivity index (χ1n) is 6.97. The predicted octanol–water partition coefficient (Wildman–Crippen LogP) is 2.24. The molecule has 0 bridgehead atoms. The Balaban J connectivity index is 1.88. The van der Waals surface area contributed by atoms with E-state index < -0.39 is 0 Å². The molecule has 1 unspecified atom stereocenters. The number of H-pyrrole nitrogens is 1. The van der Waals surface area contributed by atoms with Crippen molar-refractivity contribution in [3.8, 4) is 11.6 Å². The molecule has 5 heteroatoms.